The number of sulfone groups is 1. The first kappa shape index (κ1) is 10.5. The average molecular weight is 244 g/mol. The summed E-state index contributed by atoms with van der Waals surface area (Å²) < 4.78 is 22.2. The number of hydrogen-bond acceptors (Lipinski definition) is 2. The molecule has 0 aliphatic carbocycles. The first-order chi connectivity index (χ1) is 6.96. The first-order valence-corrected chi connectivity index (χ1v) is 6.83. The summed E-state index contributed by atoms with van der Waals surface area (Å²) in [5.41, 5.74) is 1.53. The zero-order valence-electron chi connectivity index (χ0n) is 8.12. The lowest BCUT2D eigenvalue weighted by atomic mass is 10.2. The summed E-state index contributed by atoms with van der Waals surface area (Å²) in [6.45, 7) is 0. The largest absolute Gasteiger partial charge is 0.358 e. The van der Waals surface area contributed by atoms with Crippen LogP contribution in [0.25, 0.3) is 10.9 Å². The number of benzene rings is 1. The molecule has 0 saturated carbocycles. The predicted octanol–water partition coefficient (Wildman–Crippen LogP) is 2.37. The predicted molar refractivity (Wildman–Crippen MR) is 61.9 cm³/mol. The van der Waals surface area contributed by atoms with E-state index in [2.05, 4.69) is 4.98 Å². The monoisotopic (exact) mass is 243 g/mol. The summed E-state index contributed by atoms with van der Waals surface area (Å²) >= 11 is 5.97. The summed E-state index contributed by atoms with van der Waals surface area (Å²) in [6.07, 6.45) is 1.21. The molecule has 0 spiro atoms. The van der Waals surface area contributed by atoms with Gasteiger partial charge in [-0.2, -0.15) is 0 Å². The second-order valence-electron chi connectivity index (χ2n) is 3.57. The van der Waals surface area contributed by atoms with Crippen LogP contribution in [0, 0.1) is 0 Å². The molecule has 0 unspecified atom stereocenters. The maximum atomic E-state index is 11.1. The Balaban J connectivity index is 2.53. The van der Waals surface area contributed by atoms with Gasteiger partial charge in [0.1, 0.15) is 0 Å². The summed E-state index contributed by atoms with van der Waals surface area (Å²) in [5.74, 6) is 0.0119. The standard InChI is InChI=1S/C10H10ClNO2S/c1-15(13,14)6-7-5-8-9(11)3-2-4-10(8)12-7/h2-5,12H,6H2,1H3. The van der Waals surface area contributed by atoms with E-state index in [1.807, 2.05) is 12.1 Å². The fourth-order valence-corrected chi connectivity index (χ4v) is 2.49. The minimum absolute atomic E-state index is 0.0119. The highest BCUT2D eigenvalue weighted by Gasteiger charge is 2.08. The number of rotatable bonds is 2. The van der Waals surface area contributed by atoms with Crippen molar-refractivity contribution in [2.24, 2.45) is 0 Å². The van der Waals surface area contributed by atoms with Crippen molar-refractivity contribution in [3.8, 4) is 0 Å². The van der Waals surface area contributed by atoms with Gasteiger partial charge in [0.25, 0.3) is 0 Å². The van der Waals surface area contributed by atoms with Crippen LogP contribution in [0.3, 0.4) is 0 Å². The van der Waals surface area contributed by atoms with Gasteiger partial charge in [-0.25, -0.2) is 8.42 Å². The molecule has 0 fully saturated rings. The third-order valence-corrected chi connectivity index (χ3v) is 3.25. The van der Waals surface area contributed by atoms with Gasteiger partial charge < -0.3 is 4.98 Å². The zero-order chi connectivity index (χ0) is 11.1. The van der Waals surface area contributed by atoms with Gasteiger partial charge in [-0.1, -0.05) is 17.7 Å². The molecule has 2 aromatic rings. The SMILES string of the molecule is CS(=O)(=O)Cc1cc2c(Cl)cccc2[nH]1. The second-order valence-corrected chi connectivity index (χ2v) is 6.11. The zero-order valence-corrected chi connectivity index (χ0v) is 9.69. The van der Waals surface area contributed by atoms with E-state index in [1.54, 1.807) is 12.1 Å². The Kier molecular flexibility index (Phi) is 2.48. The van der Waals surface area contributed by atoms with Crippen molar-refractivity contribution in [2.75, 3.05) is 6.26 Å². The molecule has 3 nitrogen and oxygen atoms in total. The lowest BCUT2D eigenvalue weighted by molar-refractivity contribution is 0.600. The topological polar surface area (TPSA) is 49.9 Å². The normalized spacial score (nSPS) is 12.1. The molecular formula is C10H10ClNO2S. The number of aromatic amines is 1. The molecule has 0 bridgehead atoms. The fraction of sp³-hybridized carbons (Fsp3) is 0.200. The van der Waals surface area contributed by atoms with E-state index < -0.39 is 9.84 Å². The van der Waals surface area contributed by atoms with E-state index in [-0.39, 0.29) is 5.75 Å². The maximum Gasteiger partial charge on any atom is 0.153 e. The number of hydrogen-bond donors (Lipinski definition) is 1. The second kappa shape index (κ2) is 3.54. The van der Waals surface area contributed by atoms with Gasteiger partial charge in [0.05, 0.1) is 5.75 Å². The van der Waals surface area contributed by atoms with Gasteiger partial charge in [0.2, 0.25) is 0 Å². The van der Waals surface area contributed by atoms with Crippen LogP contribution in [0.1, 0.15) is 5.69 Å². The van der Waals surface area contributed by atoms with Crippen LogP contribution in [0.15, 0.2) is 24.3 Å². The van der Waals surface area contributed by atoms with E-state index in [1.165, 1.54) is 6.26 Å². The molecule has 80 valence electrons. The lowest BCUT2D eigenvalue weighted by Gasteiger charge is -1.92. The lowest BCUT2D eigenvalue weighted by Crippen LogP contribution is -2.00. The highest BCUT2D eigenvalue weighted by Crippen LogP contribution is 2.24. The average Bonchev–Trinajstić information content (AvgIpc) is 2.45. The molecule has 15 heavy (non-hydrogen) atoms. The summed E-state index contributed by atoms with van der Waals surface area (Å²) in [5, 5.41) is 1.49. The molecule has 1 heterocycles. The van der Waals surface area contributed by atoms with Crippen molar-refractivity contribution in [2.45, 2.75) is 5.75 Å². The van der Waals surface area contributed by atoms with Crippen molar-refractivity contribution in [1.29, 1.82) is 0 Å². The molecule has 0 radical (unpaired) electrons. The van der Waals surface area contributed by atoms with Crippen LogP contribution < -0.4 is 0 Å². The van der Waals surface area contributed by atoms with Crippen LogP contribution in [-0.4, -0.2) is 19.7 Å². The minimum atomic E-state index is -3.01. The Bertz CT molecular complexity index is 601. The number of aromatic nitrogens is 1. The van der Waals surface area contributed by atoms with E-state index in [0.29, 0.717) is 10.7 Å². The van der Waals surface area contributed by atoms with Gasteiger partial charge in [0.15, 0.2) is 9.84 Å². The molecule has 1 aromatic carbocycles. The smallest absolute Gasteiger partial charge is 0.153 e. The molecule has 1 N–H and O–H groups in total. The Hall–Kier alpha value is -1.00. The number of fused-ring (bicyclic) bond motifs is 1. The molecule has 5 heteroatoms. The van der Waals surface area contributed by atoms with Crippen molar-refractivity contribution in [3.63, 3.8) is 0 Å². The van der Waals surface area contributed by atoms with Gasteiger partial charge in [-0.15, -0.1) is 0 Å². The quantitative estimate of drug-likeness (QED) is 0.880. The van der Waals surface area contributed by atoms with E-state index in [4.69, 9.17) is 11.6 Å². The summed E-state index contributed by atoms with van der Waals surface area (Å²) in [6, 6.07) is 7.25. The molecule has 1 aromatic heterocycles. The van der Waals surface area contributed by atoms with E-state index in [0.717, 1.165) is 10.9 Å². The molecule has 0 amide bonds. The van der Waals surface area contributed by atoms with Crippen molar-refractivity contribution >= 4 is 32.3 Å². The van der Waals surface area contributed by atoms with Crippen LogP contribution in [-0.2, 0) is 15.6 Å². The molecule has 0 atom stereocenters. The maximum absolute atomic E-state index is 11.1. The van der Waals surface area contributed by atoms with Gasteiger partial charge in [0, 0.05) is 27.9 Å². The highest BCUT2D eigenvalue weighted by molar-refractivity contribution is 7.89. The fourth-order valence-electron chi connectivity index (χ4n) is 1.54. The minimum Gasteiger partial charge on any atom is -0.358 e. The molecule has 0 aliphatic heterocycles. The Morgan fingerprint density at radius 2 is 2.13 bits per heavy atom. The van der Waals surface area contributed by atoms with Crippen LogP contribution in [0.5, 0.6) is 0 Å². The summed E-state index contributed by atoms with van der Waals surface area (Å²) in [7, 11) is -3.01. The van der Waals surface area contributed by atoms with Crippen LogP contribution >= 0.6 is 11.6 Å². The summed E-state index contributed by atoms with van der Waals surface area (Å²) in [4.78, 5) is 3.03. The number of H-pyrrole nitrogens is 1. The molecule has 2 rings (SSSR count). The molecular weight excluding hydrogens is 234 g/mol. The van der Waals surface area contributed by atoms with E-state index >= 15 is 0 Å². The Morgan fingerprint density at radius 3 is 2.73 bits per heavy atom. The van der Waals surface area contributed by atoms with Crippen LogP contribution in [0.2, 0.25) is 5.02 Å². The third kappa shape index (κ3) is 2.33. The van der Waals surface area contributed by atoms with Gasteiger partial charge in [-0.05, 0) is 18.2 Å². The third-order valence-electron chi connectivity index (χ3n) is 2.08. The Labute approximate surface area is 93.0 Å². The van der Waals surface area contributed by atoms with Gasteiger partial charge in [-0.3, -0.25) is 0 Å². The molecule has 0 saturated heterocycles. The van der Waals surface area contributed by atoms with Crippen molar-refractivity contribution in [3.05, 3.63) is 35.0 Å². The van der Waals surface area contributed by atoms with Crippen molar-refractivity contribution in [1.82, 2.24) is 4.98 Å². The first-order valence-electron chi connectivity index (χ1n) is 4.39. The Morgan fingerprint density at radius 1 is 1.40 bits per heavy atom. The van der Waals surface area contributed by atoms with Crippen molar-refractivity contribution < 1.29 is 8.42 Å². The van der Waals surface area contributed by atoms with Crippen LogP contribution in [0.4, 0.5) is 0 Å². The highest BCUT2D eigenvalue weighted by atomic mass is 35.5. The number of nitrogens with one attached hydrogen (secondary N) is 1. The number of halogens is 1. The van der Waals surface area contributed by atoms with Gasteiger partial charge >= 0.3 is 0 Å². The molecule has 0 aliphatic rings. The van der Waals surface area contributed by atoms with E-state index in [9.17, 15) is 8.42 Å².